The van der Waals surface area contributed by atoms with E-state index in [0.717, 1.165) is 6.20 Å². The van der Waals surface area contributed by atoms with Gasteiger partial charge in [0.2, 0.25) is 11.2 Å². The third-order valence-corrected chi connectivity index (χ3v) is 2.10. The molecule has 8 heteroatoms. The van der Waals surface area contributed by atoms with Crippen molar-refractivity contribution in [1.29, 1.82) is 0 Å². The number of amides is 1. The second-order valence-corrected chi connectivity index (χ2v) is 3.54. The predicted octanol–water partition coefficient (Wildman–Crippen LogP) is 0.618. The topological polar surface area (TPSA) is 86.7 Å². The van der Waals surface area contributed by atoms with Crippen molar-refractivity contribution >= 4 is 17.5 Å². The molecular weight excluding hydrogens is 249 g/mol. The Bertz CT molecular complexity index is 570. The Labute approximate surface area is 100 Å². The first-order chi connectivity index (χ1) is 8.06. The Morgan fingerprint density at radius 2 is 2.35 bits per heavy atom. The maximum atomic E-state index is 13.4. The first-order valence-electron chi connectivity index (χ1n) is 4.56. The smallest absolute Gasteiger partial charge is 0.239 e. The SMILES string of the molecule is NC(=O)Cn1ccc(-c2nc(Cl)ncc2F)n1. The van der Waals surface area contributed by atoms with Crippen molar-refractivity contribution in [2.24, 2.45) is 5.73 Å². The van der Waals surface area contributed by atoms with Crippen LogP contribution in [-0.4, -0.2) is 25.7 Å². The first kappa shape index (κ1) is 11.5. The van der Waals surface area contributed by atoms with E-state index in [2.05, 4.69) is 15.1 Å². The highest BCUT2D eigenvalue weighted by molar-refractivity contribution is 6.28. The van der Waals surface area contributed by atoms with Crippen LogP contribution in [0.1, 0.15) is 0 Å². The van der Waals surface area contributed by atoms with Gasteiger partial charge < -0.3 is 5.73 Å². The van der Waals surface area contributed by atoms with Crippen LogP contribution in [0.25, 0.3) is 11.4 Å². The zero-order chi connectivity index (χ0) is 12.4. The summed E-state index contributed by atoms with van der Waals surface area (Å²) >= 11 is 5.56. The average Bonchev–Trinajstić information content (AvgIpc) is 2.69. The molecule has 2 N–H and O–H groups in total. The van der Waals surface area contributed by atoms with E-state index in [1.807, 2.05) is 0 Å². The van der Waals surface area contributed by atoms with E-state index < -0.39 is 11.7 Å². The summed E-state index contributed by atoms with van der Waals surface area (Å²) in [6.07, 6.45) is 2.45. The van der Waals surface area contributed by atoms with E-state index >= 15 is 0 Å². The minimum absolute atomic E-state index is 0.0202. The molecule has 2 aromatic rings. The van der Waals surface area contributed by atoms with E-state index in [9.17, 15) is 9.18 Å². The molecule has 0 aliphatic heterocycles. The number of rotatable bonds is 3. The largest absolute Gasteiger partial charge is 0.368 e. The van der Waals surface area contributed by atoms with Gasteiger partial charge in [0, 0.05) is 6.20 Å². The molecule has 2 heterocycles. The number of nitrogens with two attached hydrogens (primary N) is 1. The molecule has 0 saturated carbocycles. The summed E-state index contributed by atoms with van der Waals surface area (Å²) in [7, 11) is 0. The summed E-state index contributed by atoms with van der Waals surface area (Å²) in [6, 6.07) is 1.50. The number of carbonyl (C=O) groups excluding carboxylic acids is 1. The molecule has 0 bridgehead atoms. The lowest BCUT2D eigenvalue weighted by atomic mass is 10.3. The molecule has 17 heavy (non-hydrogen) atoms. The van der Waals surface area contributed by atoms with Crippen molar-refractivity contribution in [3.05, 3.63) is 29.6 Å². The number of primary amides is 1. The zero-order valence-corrected chi connectivity index (χ0v) is 9.23. The van der Waals surface area contributed by atoms with Gasteiger partial charge in [0.05, 0.1) is 6.20 Å². The predicted molar refractivity (Wildman–Crippen MR) is 57.4 cm³/mol. The molecule has 88 valence electrons. The molecule has 0 atom stereocenters. The third kappa shape index (κ3) is 2.56. The first-order valence-corrected chi connectivity index (χ1v) is 4.94. The summed E-state index contributed by atoms with van der Waals surface area (Å²) in [5.41, 5.74) is 5.24. The maximum Gasteiger partial charge on any atom is 0.239 e. The number of carbonyl (C=O) groups is 1. The molecule has 0 aliphatic rings. The fourth-order valence-electron chi connectivity index (χ4n) is 1.26. The highest BCUT2D eigenvalue weighted by atomic mass is 35.5. The normalized spacial score (nSPS) is 10.5. The van der Waals surface area contributed by atoms with Crippen molar-refractivity contribution < 1.29 is 9.18 Å². The monoisotopic (exact) mass is 255 g/mol. The standard InChI is InChI=1S/C9H7ClFN5O/c10-9-13-3-5(11)8(14-9)6-1-2-16(15-6)4-7(12)17/h1-3H,4H2,(H2,12,17). The Kier molecular flexibility index (Phi) is 3.01. The van der Waals surface area contributed by atoms with Gasteiger partial charge in [-0.3, -0.25) is 9.48 Å². The number of halogens is 2. The van der Waals surface area contributed by atoms with Gasteiger partial charge in [-0.2, -0.15) is 5.10 Å². The molecule has 0 saturated heterocycles. The molecule has 2 aromatic heterocycles. The molecule has 0 spiro atoms. The zero-order valence-electron chi connectivity index (χ0n) is 8.47. The number of hydrogen-bond donors (Lipinski definition) is 1. The fourth-order valence-corrected chi connectivity index (χ4v) is 1.39. The lowest BCUT2D eigenvalue weighted by Gasteiger charge is -1.98. The molecule has 1 amide bonds. The van der Waals surface area contributed by atoms with Crippen molar-refractivity contribution in [2.75, 3.05) is 0 Å². The minimum Gasteiger partial charge on any atom is -0.368 e. The maximum absolute atomic E-state index is 13.4. The highest BCUT2D eigenvalue weighted by Crippen LogP contribution is 2.18. The fraction of sp³-hybridized carbons (Fsp3) is 0.111. The van der Waals surface area contributed by atoms with Crippen LogP contribution in [0.2, 0.25) is 5.28 Å². The summed E-state index contributed by atoms with van der Waals surface area (Å²) < 4.78 is 14.7. The van der Waals surface area contributed by atoms with Gasteiger partial charge in [-0.15, -0.1) is 0 Å². The van der Waals surface area contributed by atoms with Gasteiger partial charge in [0.1, 0.15) is 17.9 Å². The van der Waals surface area contributed by atoms with Crippen LogP contribution in [0, 0.1) is 5.82 Å². The number of nitrogens with zero attached hydrogens (tertiary/aromatic N) is 4. The van der Waals surface area contributed by atoms with Crippen LogP contribution in [0.3, 0.4) is 0 Å². The summed E-state index contributed by atoms with van der Waals surface area (Å²) in [6.45, 7) is -0.0829. The molecular formula is C9H7ClFN5O. The number of hydrogen-bond acceptors (Lipinski definition) is 4. The van der Waals surface area contributed by atoms with Crippen molar-refractivity contribution in [2.45, 2.75) is 6.54 Å². The van der Waals surface area contributed by atoms with Gasteiger partial charge in [0.25, 0.3) is 0 Å². The van der Waals surface area contributed by atoms with E-state index in [4.69, 9.17) is 17.3 Å². The van der Waals surface area contributed by atoms with Gasteiger partial charge >= 0.3 is 0 Å². The van der Waals surface area contributed by atoms with Crippen LogP contribution >= 0.6 is 11.6 Å². The van der Waals surface area contributed by atoms with Crippen molar-refractivity contribution in [3.63, 3.8) is 0 Å². The van der Waals surface area contributed by atoms with E-state index in [-0.39, 0.29) is 23.2 Å². The van der Waals surface area contributed by atoms with Gasteiger partial charge in [-0.1, -0.05) is 0 Å². The molecule has 0 unspecified atom stereocenters. The van der Waals surface area contributed by atoms with Crippen LogP contribution in [0.4, 0.5) is 4.39 Å². The van der Waals surface area contributed by atoms with E-state index in [1.54, 1.807) is 0 Å². The Morgan fingerprint density at radius 3 is 3.06 bits per heavy atom. The minimum atomic E-state index is -0.640. The van der Waals surface area contributed by atoms with Crippen LogP contribution in [0.5, 0.6) is 0 Å². The summed E-state index contributed by atoms with van der Waals surface area (Å²) in [5, 5.41) is 3.87. The summed E-state index contributed by atoms with van der Waals surface area (Å²) in [4.78, 5) is 17.9. The lowest BCUT2D eigenvalue weighted by Crippen LogP contribution is -2.18. The molecule has 2 rings (SSSR count). The van der Waals surface area contributed by atoms with Gasteiger partial charge in [-0.05, 0) is 17.7 Å². The second-order valence-electron chi connectivity index (χ2n) is 3.20. The molecule has 0 aliphatic carbocycles. The molecule has 6 nitrogen and oxygen atoms in total. The van der Waals surface area contributed by atoms with Crippen molar-refractivity contribution in [1.82, 2.24) is 19.7 Å². The molecule has 0 fully saturated rings. The van der Waals surface area contributed by atoms with E-state index in [1.165, 1.54) is 16.9 Å². The number of aromatic nitrogens is 4. The van der Waals surface area contributed by atoms with E-state index in [0.29, 0.717) is 0 Å². The second kappa shape index (κ2) is 4.46. The Hall–Kier alpha value is -2.02. The summed E-state index contributed by atoms with van der Waals surface area (Å²) in [5.74, 6) is -1.18. The molecule has 0 aromatic carbocycles. The van der Waals surface area contributed by atoms with Crippen molar-refractivity contribution in [3.8, 4) is 11.4 Å². The van der Waals surface area contributed by atoms with Gasteiger partial charge in [0.15, 0.2) is 5.82 Å². The van der Waals surface area contributed by atoms with Crippen LogP contribution < -0.4 is 5.73 Å². The van der Waals surface area contributed by atoms with Crippen LogP contribution in [-0.2, 0) is 11.3 Å². The van der Waals surface area contributed by atoms with Gasteiger partial charge in [-0.25, -0.2) is 14.4 Å². The van der Waals surface area contributed by atoms with Crippen LogP contribution in [0.15, 0.2) is 18.5 Å². The third-order valence-electron chi connectivity index (χ3n) is 1.92. The molecule has 0 radical (unpaired) electrons. The highest BCUT2D eigenvalue weighted by Gasteiger charge is 2.12. The lowest BCUT2D eigenvalue weighted by molar-refractivity contribution is -0.118. The Morgan fingerprint density at radius 1 is 1.59 bits per heavy atom. The quantitative estimate of drug-likeness (QED) is 0.815. The average molecular weight is 256 g/mol. The Balaban J connectivity index is 2.36.